The molecule has 8 heteroatoms. The summed E-state index contributed by atoms with van der Waals surface area (Å²) in [6.07, 6.45) is 0. The zero-order chi connectivity index (χ0) is 16.1. The summed E-state index contributed by atoms with van der Waals surface area (Å²) in [5.74, 6) is 0.357. The van der Waals surface area contributed by atoms with E-state index in [0.29, 0.717) is 12.3 Å². The second-order valence-electron chi connectivity index (χ2n) is 5.02. The van der Waals surface area contributed by atoms with E-state index in [1.165, 1.54) is 25.3 Å². The lowest BCUT2D eigenvalue weighted by Gasteiger charge is -2.33. The minimum atomic E-state index is -0.532. The molecule has 1 saturated heterocycles. The van der Waals surface area contributed by atoms with Crippen LogP contribution in [-0.4, -0.2) is 55.1 Å². The maximum Gasteiger partial charge on any atom is 0.311 e. The first-order valence-electron chi connectivity index (χ1n) is 6.98. The topological polar surface area (TPSA) is 93.9 Å². The molecule has 1 aliphatic rings. The van der Waals surface area contributed by atoms with E-state index in [4.69, 9.17) is 9.47 Å². The molecule has 1 amide bonds. The number of nitrogens with one attached hydrogen (secondary N) is 1. The van der Waals surface area contributed by atoms with E-state index in [2.05, 4.69) is 5.32 Å². The van der Waals surface area contributed by atoms with Gasteiger partial charge in [0.15, 0.2) is 6.61 Å². The molecule has 1 aromatic rings. The molecule has 0 saturated carbocycles. The van der Waals surface area contributed by atoms with Gasteiger partial charge in [0.2, 0.25) is 5.75 Å². The first-order valence-corrected chi connectivity index (χ1v) is 6.98. The Hall–Kier alpha value is -2.35. The zero-order valence-corrected chi connectivity index (χ0v) is 12.6. The molecule has 22 heavy (non-hydrogen) atoms. The van der Waals surface area contributed by atoms with Gasteiger partial charge in [-0.25, -0.2) is 0 Å². The van der Waals surface area contributed by atoms with Crippen molar-refractivity contribution < 1.29 is 19.2 Å². The van der Waals surface area contributed by atoms with Gasteiger partial charge in [-0.3, -0.25) is 14.9 Å². The molecule has 0 aromatic heterocycles. The van der Waals surface area contributed by atoms with E-state index in [1.807, 2.05) is 6.92 Å². The lowest BCUT2D eigenvalue weighted by atomic mass is 10.2. The SMILES string of the molecule is COc1cc(OCC(=O)N2CCNC[C@H]2C)ccc1[N+](=O)[O-]. The van der Waals surface area contributed by atoms with Crippen molar-refractivity contribution in [3.05, 3.63) is 28.3 Å². The van der Waals surface area contributed by atoms with Crippen LogP contribution in [0.15, 0.2) is 18.2 Å². The van der Waals surface area contributed by atoms with Gasteiger partial charge in [0.05, 0.1) is 12.0 Å². The molecular weight excluding hydrogens is 290 g/mol. The largest absolute Gasteiger partial charge is 0.490 e. The maximum atomic E-state index is 12.1. The summed E-state index contributed by atoms with van der Waals surface area (Å²) in [5.41, 5.74) is -0.142. The Morgan fingerprint density at radius 3 is 2.95 bits per heavy atom. The quantitative estimate of drug-likeness (QED) is 0.639. The summed E-state index contributed by atoms with van der Waals surface area (Å²) in [7, 11) is 1.35. The van der Waals surface area contributed by atoms with E-state index < -0.39 is 4.92 Å². The van der Waals surface area contributed by atoms with Crippen molar-refractivity contribution in [3.8, 4) is 11.5 Å². The van der Waals surface area contributed by atoms with Crippen LogP contribution in [-0.2, 0) is 4.79 Å². The number of benzene rings is 1. The fourth-order valence-corrected chi connectivity index (χ4v) is 2.34. The Morgan fingerprint density at radius 2 is 2.32 bits per heavy atom. The molecule has 8 nitrogen and oxygen atoms in total. The Kier molecular flexibility index (Phi) is 5.16. The number of nitrogens with zero attached hydrogens (tertiary/aromatic N) is 2. The third-order valence-electron chi connectivity index (χ3n) is 3.53. The predicted octanol–water partition coefficient (Wildman–Crippen LogP) is 0.803. The van der Waals surface area contributed by atoms with Gasteiger partial charge >= 0.3 is 5.69 Å². The van der Waals surface area contributed by atoms with Crippen LogP contribution in [0.3, 0.4) is 0 Å². The van der Waals surface area contributed by atoms with Crippen LogP contribution in [0.5, 0.6) is 11.5 Å². The molecule has 2 rings (SSSR count). The lowest BCUT2D eigenvalue weighted by Crippen LogP contribution is -2.53. The summed E-state index contributed by atoms with van der Waals surface area (Å²) in [6, 6.07) is 4.28. The predicted molar refractivity (Wildman–Crippen MR) is 79.2 cm³/mol. The highest BCUT2D eigenvalue weighted by Gasteiger charge is 2.23. The van der Waals surface area contributed by atoms with Crippen LogP contribution < -0.4 is 14.8 Å². The first kappa shape index (κ1) is 16.0. The van der Waals surface area contributed by atoms with Crippen LogP contribution in [0, 0.1) is 10.1 Å². The van der Waals surface area contributed by atoms with Gasteiger partial charge < -0.3 is 19.7 Å². The third-order valence-corrected chi connectivity index (χ3v) is 3.53. The van der Waals surface area contributed by atoms with Crippen LogP contribution in [0.25, 0.3) is 0 Å². The number of amides is 1. The van der Waals surface area contributed by atoms with Crippen LogP contribution in [0.4, 0.5) is 5.69 Å². The highest BCUT2D eigenvalue weighted by molar-refractivity contribution is 5.78. The average molecular weight is 309 g/mol. The van der Waals surface area contributed by atoms with Crippen LogP contribution >= 0.6 is 0 Å². The molecule has 1 fully saturated rings. The molecule has 1 atom stereocenters. The zero-order valence-electron chi connectivity index (χ0n) is 12.6. The standard InChI is InChI=1S/C14H19N3O5/c1-10-8-15-5-6-16(10)14(18)9-22-11-3-4-12(17(19)20)13(7-11)21-2/h3-4,7,10,15H,5-6,8-9H2,1-2H3/t10-/m1/s1. The van der Waals surface area contributed by atoms with E-state index in [0.717, 1.165) is 13.1 Å². The first-order chi connectivity index (χ1) is 10.5. The number of carbonyl (C=O) groups excluding carboxylic acids is 1. The van der Waals surface area contributed by atoms with E-state index in [-0.39, 0.29) is 30.0 Å². The normalized spacial score (nSPS) is 17.9. The van der Waals surface area contributed by atoms with Gasteiger partial charge in [-0.05, 0) is 13.0 Å². The Labute approximate surface area is 128 Å². The van der Waals surface area contributed by atoms with Gasteiger partial charge in [0, 0.05) is 37.8 Å². The van der Waals surface area contributed by atoms with E-state index in [1.54, 1.807) is 4.90 Å². The second kappa shape index (κ2) is 7.08. The number of carbonyl (C=O) groups is 1. The molecule has 1 N–H and O–H groups in total. The highest BCUT2D eigenvalue weighted by Crippen LogP contribution is 2.30. The lowest BCUT2D eigenvalue weighted by molar-refractivity contribution is -0.385. The van der Waals surface area contributed by atoms with E-state index >= 15 is 0 Å². The van der Waals surface area contributed by atoms with Crippen molar-refractivity contribution in [2.75, 3.05) is 33.4 Å². The van der Waals surface area contributed by atoms with Crippen molar-refractivity contribution in [3.63, 3.8) is 0 Å². The summed E-state index contributed by atoms with van der Waals surface area (Å²) < 4.78 is 10.4. The van der Waals surface area contributed by atoms with Crippen LogP contribution in [0.1, 0.15) is 6.92 Å². The maximum absolute atomic E-state index is 12.1. The van der Waals surface area contributed by atoms with Crippen molar-refractivity contribution in [2.24, 2.45) is 0 Å². The molecule has 0 aliphatic carbocycles. The van der Waals surface area contributed by atoms with E-state index in [9.17, 15) is 14.9 Å². The number of hydrogen-bond donors (Lipinski definition) is 1. The molecule has 120 valence electrons. The minimum absolute atomic E-state index is 0.102. The highest BCUT2D eigenvalue weighted by atomic mass is 16.6. The van der Waals surface area contributed by atoms with Gasteiger partial charge in [-0.15, -0.1) is 0 Å². The molecule has 0 bridgehead atoms. The Bertz CT molecular complexity index is 563. The van der Waals surface area contributed by atoms with Crippen molar-refractivity contribution in [2.45, 2.75) is 13.0 Å². The molecular formula is C14H19N3O5. The van der Waals surface area contributed by atoms with Crippen molar-refractivity contribution >= 4 is 11.6 Å². The smallest absolute Gasteiger partial charge is 0.311 e. The fraction of sp³-hybridized carbons (Fsp3) is 0.500. The van der Waals surface area contributed by atoms with Crippen molar-refractivity contribution in [1.29, 1.82) is 0 Å². The number of piperazine rings is 1. The third kappa shape index (κ3) is 3.64. The molecule has 1 aromatic carbocycles. The summed E-state index contributed by atoms with van der Waals surface area (Å²) in [4.78, 5) is 24.2. The average Bonchev–Trinajstić information content (AvgIpc) is 2.52. The Balaban J connectivity index is 1.99. The number of nitro benzene ring substituents is 1. The van der Waals surface area contributed by atoms with Gasteiger partial charge in [-0.1, -0.05) is 0 Å². The monoisotopic (exact) mass is 309 g/mol. The fourth-order valence-electron chi connectivity index (χ4n) is 2.34. The molecule has 1 heterocycles. The van der Waals surface area contributed by atoms with Gasteiger partial charge in [0.1, 0.15) is 5.75 Å². The molecule has 0 radical (unpaired) electrons. The van der Waals surface area contributed by atoms with Crippen molar-refractivity contribution in [1.82, 2.24) is 10.2 Å². The number of hydrogen-bond acceptors (Lipinski definition) is 6. The number of methoxy groups -OCH3 is 1. The molecule has 0 spiro atoms. The number of ether oxygens (including phenoxy) is 2. The minimum Gasteiger partial charge on any atom is -0.490 e. The number of rotatable bonds is 5. The molecule has 1 aliphatic heterocycles. The number of nitro groups is 1. The molecule has 0 unspecified atom stereocenters. The Morgan fingerprint density at radius 1 is 1.55 bits per heavy atom. The van der Waals surface area contributed by atoms with Gasteiger partial charge in [0.25, 0.3) is 5.91 Å². The van der Waals surface area contributed by atoms with Crippen LogP contribution in [0.2, 0.25) is 0 Å². The summed E-state index contributed by atoms with van der Waals surface area (Å²) in [6.45, 7) is 4.04. The summed E-state index contributed by atoms with van der Waals surface area (Å²) in [5, 5.41) is 14.0. The van der Waals surface area contributed by atoms with Gasteiger partial charge in [-0.2, -0.15) is 0 Å². The second-order valence-corrected chi connectivity index (χ2v) is 5.02. The summed E-state index contributed by atoms with van der Waals surface area (Å²) >= 11 is 0.